The molecule has 0 amide bonds. The molecule has 0 bridgehead atoms. The van der Waals surface area contributed by atoms with E-state index in [1.165, 1.54) is 5.69 Å². The molecule has 1 aliphatic rings. The summed E-state index contributed by atoms with van der Waals surface area (Å²) in [6.07, 6.45) is 1.11. The topological polar surface area (TPSA) is 26.7 Å². The van der Waals surface area contributed by atoms with Gasteiger partial charge in [-0.05, 0) is 39.4 Å². The van der Waals surface area contributed by atoms with Crippen molar-refractivity contribution < 1.29 is 5.11 Å². The summed E-state index contributed by atoms with van der Waals surface area (Å²) in [5.74, 6) is 0. The Hall–Kier alpha value is -1.06. The van der Waals surface area contributed by atoms with Crippen molar-refractivity contribution >= 4 is 5.69 Å². The van der Waals surface area contributed by atoms with E-state index < -0.39 is 0 Å². The zero-order chi connectivity index (χ0) is 13.2. The first-order valence-corrected chi connectivity index (χ1v) is 6.68. The van der Waals surface area contributed by atoms with Gasteiger partial charge >= 0.3 is 0 Å². The standard InChI is InChI=1S/C15H24N2O/c1-15(2)9-10-16(3)14(12-18)11-17(15)13-7-5-4-6-8-13/h4-8,14,18H,9-12H2,1-3H3. The third-order valence-corrected chi connectivity index (χ3v) is 4.10. The summed E-state index contributed by atoms with van der Waals surface area (Å²) >= 11 is 0. The van der Waals surface area contributed by atoms with Gasteiger partial charge in [0.25, 0.3) is 0 Å². The summed E-state index contributed by atoms with van der Waals surface area (Å²) in [5, 5.41) is 9.55. The van der Waals surface area contributed by atoms with E-state index in [1.807, 2.05) is 6.07 Å². The maximum atomic E-state index is 9.55. The van der Waals surface area contributed by atoms with Crippen LogP contribution in [0.1, 0.15) is 20.3 Å². The Morgan fingerprint density at radius 2 is 1.94 bits per heavy atom. The highest BCUT2D eigenvalue weighted by Gasteiger charge is 2.33. The Morgan fingerprint density at radius 1 is 1.28 bits per heavy atom. The lowest BCUT2D eigenvalue weighted by molar-refractivity contribution is 0.158. The zero-order valence-corrected chi connectivity index (χ0v) is 11.6. The molecule has 1 aromatic rings. The van der Waals surface area contributed by atoms with Crippen LogP contribution in [0.25, 0.3) is 0 Å². The van der Waals surface area contributed by atoms with Crippen molar-refractivity contribution in [3.63, 3.8) is 0 Å². The average molecular weight is 248 g/mol. The summed E-state index contributed by atoms with van der Waals surface area (Å²) < 4.78 is 0. The highest BCUT2D eigenvalue weighted by molar-refractivity contribution is 5.49. The average Bonchev–Trinajstić information content (AvgIpc) is 2.48. The van der Waals surface area contributed by atoms with Crippen molar-refractivity contribution in [1.82, 2.24) is 4.90 Å². The Balaban J connectivity index is 2.29. The lowest BCUT2D eigenvalue weighted by atomic mass is 9.97. The monoisotopic (exact) mass is 248 g/mol. The first-order chi connectivity index (χ1) is 8.54. The number of hydrogen-bond acceptors (Lipinski definition) is 3. The van der Waals surface area contributed by atoms with Crippen LogP contribution < -0.4 is 4.90 Å². The predicted octanol–water partition coefficient (Wildman–Crippen LogP) is 1.97. The Kier molecular flexibility index (Phi) is 3.93. The molecule has 18 heavy (non-hydrogen) atoms. The molecule has 0 spiro atoms. The number of aliphatic hydroxyl groups is 1. The van der Waals surface area contributed by atoms with E-state index in [1.54, 1.807) is 0 Å². The molecule has 3 heteroatoms. The molecule has 0 aliphatic carbocycles. The molecular weight excluding hydrogens is 224 g/mol. The van der Waals surface area contributed by atoms with Gasteiger partial charge in [0, 0.05) is 30.4 Å². The molecule has 0 radical (unpaired) electrons. The van der Waals surface area contributed by atoms with Gasteiger partial charge in [-0.15, -0.1) is 0 Å². The zero-order valence-electron chi connectivity index (χ0n) is 11.6. The summed E-state index contributed by atoms with van der Waals surface area (Å²) in [4.78, 5) is 4.70. The van der Waals surface area contributed by atoms with E-state index in [0.717, 1.165) is 19.5 Å². The Bertz CT molecular complexity index is 377. The number of anilines is 1. The molecule has 2 rings (SSSR count). The first kappa shape index (κ1) is 13.4. The van der Waals surface area contributed by atoms with Crippen molar-refractivity contribution in [1.29, 1.82) is 0 Å². The van der Waals surface area contributed by atoms with Crippen molar-refractivity contribution in [2.24, 2.45) is 0 Å². The maximum Gasteiger partial charge on any atom is 0.0604 e. The van der Waals surface area contributed by atoms with Crippen molar-refractivity contribution in [2.75, 3.05) is 31.6 Å². The van der Waals surface area contributed by atoms with Crippen LogP contribution in [0, 0.1) is 0 Å². The second-order valence-corrected chi connectivity index (χ2v) is 5.83. The fraction of sp³-hybridized carbons (Fsp3) is 0.600. The highest BCUT2D eigenvalue weighted by atomic mass is 16.3. The Labute approximate surface area is 110 Å². The van der Waals surface area contributed by atoms with Gasteiger partial charge < -0.3 is 10.0 Å². The smallest absolute Gasteiger partial charge is 0.0604 e. The van der Waals surface area contributed by atoms with Crippen LogP contribution in [0.5, 0.6) is 0 Å². The summed E-state index contributed by atoms with van der Waals surface area (Å²) in [7, 11) is 2.10. The lowest BCUT2D eigenvalue weighted by Gasteiger charge is -2.40. The quantitative estimate of drug-likeness (QED) is 0.867. The van der Waals surface area contributed by atoms with Crippen molar-refractivity contribution in [3.05, 3.63) is 30.3 Å². The van der Waals surface area contributed by atoms with Gasteiger partial charge in [0.15, 0.2) is 0 Å². The minimum atomic E-state index is 0.125. The molecule has 1 atom stereocenters. The van der Waals surface area contributed by atoms with E-state index in [4.69, 9.17) is 0 Å². The van der Waals surface area contributed by atoms with Gasteiger partial charge in [0.1, 0.15) is 0 Å². The second-order valence-electron chi connectivity index (χ2n) is 5.83. The molecular formula is C15H24N2O. The second kappa shape index (κ2) is 5.29. The van der Waals surface area contributed by atoms with Gasteiger partial charge in [-0.1, -0.05) is 18.2 Å². The van der Waals surface area contributed by atoms with Crippen LogP contribution in [0.2, 0.25) is 0 Å². The highest BCUT2D eigenvalue weighted by Crippen LogP contribution is 2.29. The number of nitrogens with zero attached hydrogens (tertiary/aromatic N) is 2. The molecule has 1 aliphatic heterocycles. The van der Waals surface area contributed by atoms with Crippen LogP contribution in [0.15, 0.2) is 30.3 Å². The summed E-state index contributed by atoms with van der Waals surface area (Å²) in [5.41, 5.74) is 1.37. The number of aliphatic hydroxyl groups excluding tert-OH is 1. The SMILES string of the molecule is CN1CCC(C)(C)N(c2ccccc2)CC1CO. The minimum absolute atomic E-state index is 0.125. The van der Waals surface area contributed by atoms with E-state index in [-0.39, 0.29) is 18.2 Å². The largest absolute Gasteiger partial charge is 0.395 e. The lowest BCUT2D eigenvalue weighted by Crippen LogP contribution is -2.47. The maximum absolute atomic E-state index is 9.55. The van der Waals surface area contributed by atoms with Gasteiger partial charge in [0.2, 0.25) is 0 Å². The molecule has 1 heterocycles. The molecule has 1 N–H and O–H groups in total. The molecule has 0 saturated carbocycles. The number of para-hydroxylation sites is 1. The molecule has 1 saturated heterocycles. The molecule has 1 fully saturated rings. The van der Waals surface area contributed by atoms with Crippen LogP contribution in [0.3, 0.4) is 0 Å². The first-order valence-electron chi connectivity index (χ1n) is 6.68. The molecule has 100 valence electrons. The predicted molar refractivity (Wildman–Crippen MR) is 76.0 cm³/mol. The number of hydrogen-bond donors (Lipinski definition) is 1. The normalized spacial score (nSPS) is 24.9. The van der Waals surface area contributed by atoms with Crippen LogP contribution in [-0.4, -0.2) is 48.3 Å². The third-order valence-electron chi connectivity index (χ3n) is 4.10. The molecule has 1 aromatic carbocycles. The number of likely N-dealkylation sites (N-methyl/N-ethyl adjacent to an activating group) is 1. The number of benzene rings is 1. The van der Waals surface area contributed by atoms with Gasteiger partial charge in [-0.3, -0.25) is 4.90 Å². The van der Waals surface area contributed by atoms with E-state index in [9.17, 15) is 5.11 Å². The van der Waals surface area contributed by atoms with Gasteiger partial charge in [0.05, 0.1) is 6.61 Å². The van der Waals surface area contributed by atoms with Crippen LogP contribution >= 0.6 is 0 Å². The van der Waals surface area contributed by atoms with E-state index in [0.29, 0.717) is 0 Å². The van der Waals surface area contributed by atoms with E-state index >= 15 is 0 Å². The van der Waals surface area contributed by atoms with Crippen LogP contribution in [0.4, 0.5) is 5.69 Å². The van der Waals surface area contributed by atoms with Crippen molar-refractivity contribution in [3.8, 4) is 0 Å². The summed E-state index contributed by atoms with van der Waals surface area (Å²) in [6.45, 7) is 6.70. The van der Waals surface area contributed by atoms with Gasteiger partial charge in [-0.25, -0.2) is 0 Å². The third kappa shape index (κ3) is 2.68. The fourth-order valence-electron chi connectivity index (χ4n) is 2.62. The molecule has 0 aromatic heterocycles. The molecule has 3 nitrogen and oxygen atoms in total. The van der Waals surface area contributed by atoms with Crippen molar-refractivity contribution in [2.45, 2.75) is 31.8 Å². The van der Waals surface area contributed by atoms with E-state index in [2.05, 4.69) is 55.0 Å². The summed E-state index contributed by atoms with van der Waals surface area (Å²) in [6, 6.07) is 10.7. The fourth-order valence-corrected chi connectivity index (χ4v) is 2.62. The molecule has 1 unspecified atom stereocenters. The van der Waals surface area contributed by atoms with Crippen LogP contribution in [-0.2, 0) is 0 Å². The number of rotatable bonds is 2. The Morgan fingerprint density at radius 3 is 2.56 bits per heavy atom. The van der Waals surface area contributed by atoms with Gasteiger partial charge in [-0.2, -0.15) is 0 Å². The minimum Gasteiger partial charge on any atom is -0.395 e.